The van der Waals surface area contributed by atoms with Crippen LogP contribution in [0, 0.1) is 12.8 Å². The van der Waals surface area contributed by atoms with Crippen molar-refractivity contribution in [2.75, 3.05) is 0 Å². The summed E-state index contributed by atoms with van der Waals surface area (Å²) in [5.41, 5.74) is 4.47. The van der Waals surface area contributed by atoms with E-state index in [1.165, 1.54) is 0 Å². The number of carbonyl (C=O) groups is 1. The second-order valence-electron chi connectivity index (χ2n) is 7.27. The van der Waals surface area contributed by atoms with Crippen LogP contribution in [0.25, 0.3) is 0 Å². The number of hydrogen-bond acceptors (Lipinski definition) is 4. The zero-order valence-electron chi connectivity index (χ0n) is 15.6. The van der Waals surface area contributed by atoms with Gasteiger partial charge < -0.3 is 10.1 Å². The molecule has 7 nitrogen and oxygen atoms in total. The maximum absolute atomic E-state index is 12.6. The van der Waals surface area contributed by atoms with Crippen LogP contribution >= 0.6 is 0 Å². The van der Waals surface area contributed by atoms with Crippen molar-refractivity contribution in [3.63, 3.8) is 0 Å². The first-order valence-electron chi connectivity index (χ1n) is 8.88. The maximum Gasteiger partial charge on any atom is 0.272 e. The Balaban J connectivity index is 1.69. The molecule has 0 saturated carbocycles. The van der Waals surface area contributed by atoms with Crippen LogP contribution in [-0.4, -0.2) is 32.0 Å². The van der Waals surface area contributed by atoms with Gasteiger partial charge in [0, 0.05) is 36.3 Å². The lowest BCUT2D eigenvalue weighted by Crippen LogP contribution is -2.27. The Bertz CT molecular complexity index is 762. The van der Waals surface area contributed by atoms with E-state index < -0.39 is 0 Å². The molecule has 0 aliphatic carbocycles. The SMILES string of the molecule is Cc1c(CNC(=O)c2n[nH]c3c2C[C@H](C)O[C@@H]3C)cnn1CC(C)C. The highest BCUT2D eigenvalue weighted by Gasteiger charge is 2.29. The van der Waals surface area contributed by atoms with E-state index in [9.17, 15) is 4.79 Å². The van der Waals surface area contributed by atoms with Crippen molar-refractivity contribution >= 4 is 5.91 Å². The van der Waals surface area contributed by atoms with Crippen LogP contribution in [0.15, 0.2) is 6.20 Å². The molecule has 0 bridgehead atoms. The minimum Gasteiger partial charge on any atom is -0.369 e. The van der Waals surface area contributed by atoms with Crippen LogP contribution in [0.1, 0.15) is 66.8 Å². The quantitative estimate of drug-likeness (QED) is 0.872. The van der Waals surface area contributed by atoms with E-state index in [-0.39, 0.29) is 18.1 Å². The smallest absolute Gasteiger partial charge is 0.272 e. The van der Waals surface area contributed by atoms with Crippen molar-refractivity contribution in [1.29, 1.82) is 0 Å². The average molecular weight is 345 g/mol. The highest BCUT2D eigenvalue weighted by atomic mass is 16.5. The summed E-state index contributed by atoms with van der Waals surface area (Å²) in [5, 5.41) is 14.6. The van der Waals surface area contributed by atoms with Crippen molar-refractivity contribution < 1.29 is 9.53 Å². The van der Waals surface area contributed by atoms with Crippen LogP contribution in [0.5, 0.6) is 0 Å². The summed E-state index contributed by atoms with van der Waals surface area (Å²) >= 11 is 0. The summed E-state index contributed by atoms with van der Waals surface area (Å²) in [5.74, 6) is 0.373. The first kappa shape index (κ1) is 17.7. The van der Waals surface area contributed by atoms with Gasteiger partial charge in [0.1, 0.15) is 0 Å². The maximum atomic E-state index is 12.6. The third-order valence-corrected chi connectivity index (χ3v) is 4.63. The lowest BCUT2D eigenvalue weighted by atomic mass is 9.99. The molecule has 3 rings (SSSR count). The van der Waals surface area contributed by atoms with E-state index in [4.69, 9.17) is 4.74 Å². The molecular weight excluding hydrogens is 318 g/mol. The second-order valence-corrected chi connectivity index (χ2v) is 7.27. The fourth-order valence-electron chi connectivity index (χ4n) is 3.31. The van der Waals surface area contributed by atoms with E-state index >= 15 is 0 Å². The number of carbonyl (C=O) groups excluding carboxylic acids is 1. The van der Waals surface area contributed by atoms with E-state index in [2.05, 4.69) is 34.5 Å². The molecule has 1 amide bonds. The predicted molar refractivity (Wildman–Crippen MR) is 94.2 cm³/mol. The van der Waals surface area contributed by atoms with Crippen LogP contribution < -0.4 is 5.32 Å². The van der Waals surface area contributed by atoms with Crippen molar-refractivity contribution in [3.8, 4) is 0 Å². The molecule has 136 valence electrons. The Morgan fingerprint density at radius 1 is 1.48 bits per heavy atom. The van der Waals surface area contributed by atoms with Crippen LogP contribution in [0.4, 0.5) is 0 Å². The monoisotopic (exact) mass is 345 g/mol. The molecule has 25 heavy (non-hydrogen) atoms. The van der Waals surface area contributed by atoms with Crippen molar-refractivity contribution in [2.45, 2.75) is 66.3 Å². The Hall–Kier alpha value is -2.15. The largest absolute Gasteiger partial charge is 0.369 e. The molecule has 2 N–H and O–H groups in total. The molecular formula is C18H27N5O2. The van der Waals surface area contributed by atoms with Crippen molar-refractivity contribution in [3.05, 3.63) is 34.4 Å². The van der Waals surface area contributed by atoms with Gasteiger partial charge in [-0.1, -0.05) is 13.8 Å². The number of H-pyrrole nitrogens is 1. The van der Waals surface area contributed by atoms with Gasteiger partial charge in [-0.05, 0) is 26.7 Å². The molecule has 0 fully saturated rings. The lowest BCUT2D eigenvalue weighted by molar-refractivity contribution is -0.00697. The number of hydrogen-bond donors (Lipinski definition) is 2. The van der Waals surface area contributed by atoms with Gasteiger partial charge in [0.15, 0.2) is 5.69 Å². The lowest BCUT2D eigenvalue weighted by Gasteiger charge is -2.25. The number of rotatable bonds is 5. The third kappa shape index (κ3) is 3.61. The van der Waals surface area contributed by atoms with Gasteiger partial charge in [0.05, 0.1) is 24.1 Å². The summed E-state index contributed by atoms with van der Waals surface area (Å²) in [7, 11) is 0. The Kier molecular flexibility index (Phi) is 4.94. The van der Waals surface area contributed by atoms with Gasteiger partial charge in [-0.25, -0.2) is 0 Å². The molecule has 0 radical (unpaired) electrons. The van der Waals surface area contributed by atoms with Crippen molar-refractivity contribution in [1.82, 2.24) is 25.3 Å². The van der Waals surface area contributed by atoms with Gasteiger partial charge in [-0.3, -0.25) is 14.6 Å². The third-order valence-electron chi connectivity index (χ3n) is 4.63. The highest BCUT2D eigenvalue weighted by molar-refractivity contribution is 5.94. The Morgan fingerprint density at radius 2 is 2.24 bits per heavy atom. The number of nitrogens with one attached hydrogen (secondary N) is 2. The standard InChI is InChI=1S/C18H27N5O2/c1-10(2)9-23-12(4)14(8-20-23)7-19-18(24)17-15-6-11(3)25-13(5)16(15)21-22-17/h8,10-11,13H,6-7,9H2,1-5H3,(H,19,24)(H,21,22)/t11-,13+/m0/s1. The van der Waals surface area contributed by atoms with Crippen LogP contribution in [0.3, 0.4) is 0 Å². The molecule has 7 heteroatoms. The summed E-state index contributed by atoms with van der Waals surface area (Å²) < 4.78 is 7.76. The van der Waals surface area contributed by atoms with Gasteiger partial charge >= 0.3 is 0 Å². The Morgan fingerprint density at radius 3 is 2.96 bits per heavy atom. The number of nitrogens with zero attached hydrogens (tertiary/aromatic N) is 3. The van der Waals surface area contributed by atoms with Crippen LogP contribution in [0.2, 0.25) is 0 Å². The normalized spacial score (nSPS) is 19.9. The average Bonchev–Trinajstić information content (AvgIpc) is 3.10. The summed E-state index contributed by atoms with van der Waals surface area (Å²) in [6.07, 6.45) is 2.55. The molecule has 2 aromatic rings. The molecule has 2 aromatic heterocycles. The van der Waals surface area contributed by atoms with E-state index in [1.54, 1.807) is 0 Å². The molecule has 0 unspecified atom stereocenters. The highest BCUT2D eigenvalue weighted by Crippen LogP contribution is 2.30. The first-order valence-corrected chi connectivity index (χ1v) is 8.88. The first-order chi connectivity index (χ1) is 11.9. The molecule has 1 aliphatic heterocycles. The summed E-state index contributed by atoms with van der Waals surface area (Å²) in [6.45, 7) is 11.7. The van der Waals surface area contributed by atoms with Gasteiger partial charge in [-0.15, -0.1) is 0 Å². The van der Waals surface area contributed by atoms with Gasteiger partial charge in [-0.2, -0.15) is 10.2 Å². The number of aromatic amines is 1. The summed E-state index contributed by atoms with van der Waals surface area (Å²) in [4.78, 5) is 12.6. The number of aromatic nitrogens is 4. The molecule has 0 spiro atoms. The van der Waals surface area contributed by atoms with Gasteiger partial charge in [0.2, 0.25) is 0 Å². The molecule has 2 atom stereocenters. The fourth-order valence-corrected chi connectivity index (χ4v) is 3.31. The summed E-state index contributed by atoms with van der Waals surface area (Å²) in [6, 6.07) is 0. The van der Waals surface area contributed by atoms with E-state index in [0.29, 0.717) is 24.6 Å². The topological polar surface area (TPSA) is 84.8 Å². The van der Waals surface area contributed by atoms with E-state index in [0.717, 1.165) is 29.1 Å². The molecule has 3 heterocycles. The minimum atomic E-state index is -0.158. The van der Waals surface area contributed by atoms with Crippen molar-refractivity contribution in [2.24, 2.45) is 5.92 Å². The fraction of sp³-hybridized carbons (Fsp3) is 0.611. The second kappa shape index (κ2) is 7.00. The predicted octanol–water partition coefficient (Wildman–Crippen LogP) is 2.52. The zero-order valence-corrected chi connectivity index (χ0v) is 15.6. The van der Waals surface area contributed by atoms with E-state index in [1.807, 2.05) is 31.6 Å². The number of ether oxygens (including phenoxy) is 1. The molecule has 1 aliphatic rings. The number of fused-ring (bicyclic) bond motifs is 1. The minimum absolute atomic E-state index is 0.0655. The van der Waals surface area contributed by atoms with Crippen LogP contribution in [-0.2, 0) is 24.2 Å². The molecule has 0 aromatic carbocycles. The van der Waals surface area contributed by atoms with Gasteiger partial charge in [0.25, 0.3) is 5.91 Å². The zero-order chi connectivity index (χ0) is 18.1. The molecule has 0 saturated heterocycles. The Labute approximate surface area is 148 Å². The number of amides is 1.